The number of rotatable bonds is 9. The second-order valence-electron chi connectivity index (χ2n) is 5.26. The maximum atomic E-state index is 5.59. The molecule has 116 valence electrons. The SMILES string of the molecule is CCCCN(CCCC)Cc1nc(NN)c2ccsc2n1. The summed E-state index contributed by atoms with van der Waals surface area (Å²) in [5.74, 6) is 7.16. The van der Waals surface area contributed by atoms with Gasteiger partial charge in [-0.2, -0.15) is 0 Å². The highest BCUT2D eigenvalue weighted by atomic mass is 32.1. The normalized spacial score (nSPS) is 11.4. The van der Waals surface area contributed by atoms with Crippen molar-refractivity contribution in [3.8, 4) is 0 Å². The molecule has 2 aromatic heterocycles. The lowest BCUT2D eigenvalue weighted by molar-refractivity contribution is 0.251. The van der Waals surface area contributed by atoms with Crippen molar-refractivity contribution >= 4 is 27.4 Å². The molecule has 0 unspecified atom stereocenters. The fraction of sp³-hybridized carbons (Fsp3) is 0.600. The number of fused-ring (bicyclic) bond motifs is 1. The van der Waals surface area contributed by atoms with Crippen LogP contribution in [0.4, 0.5) is 5.82 Å². The van der Waals surface area contributed by atoms with Gasteiger partial charge in [-0.05, 0) is 37.4 Å². The summed E-state index contributed by atoms with van der Waals surface area (Å²) < 4.78 is 0. The van der Waals surface area contributed by atoms with Crippen molar-refractivity contribution < 1.29 is 0 Å². The Balaban J connectivity index is 2.14. The molecule has 0 amide bonds. The molecule has 21 heavy (non-hydrogen) atoms. The van der Waals surface area contributed by atoms with Gasteiger partial charge in [-0.3, -0.25) is 4.90 Å². The third kappa shape index (κ3) is 4.36. The van der Waals surface area contributed by atoms with Crippen molar-refractivity contribution in [1.29, 1.82) is 0 Å². The number of hydrogen-bond donors (Lipinski definition) is 2. The van der Waals surface area contributed by atoms with Crippen molar-refractivity contribution in [2.45, 2.75) is 46.1 Å². The highest BCUT2D eigenvalue weighted by Crippen LogP contribution is 2.24. The molecular formula is C15H25N5S. The number of thiophene rings is 1. The molecule has 3 N–H and O–H groups in total. The zero-order chi connectivity index (χ0) is 15.1. The average Bonchev–Trinajstić information content (AvgIpc) is 2.97. The number of nitrogens with one attached hydrogen (secondary N) is 1. The number of nitrogen functional groups attached to an aromatic ring is 1. The maximum Gasteiger partial charge on any atom is 0.152 e. The second kappa shape index (κ2) is 8.26. The van der Waals surface area contributed by atoms with E-state index in [1.165, 1.54) is 25.7 Å². The van der Waals surface area contributed by atoms with E-state index in [0.717, 1.165) is 41.5 Å². The van der Waals surface area contributed by atoms with Crippen molar-refractivity contribution in [3.05, 3.63) is 17.3 Å². The van der Waals surface area contributed by atoms with Crippen molar-refractivity contribution in [2.75, 3.05) is 18.5 Å². The van der Waals surface area contributed by atoms with Crippen molar-refractivity contribution in [2.24, 2.45) is 5.84 Å². The molecule has 0 fully saturated rings. The fourth-order valence-electron chi connectivity index (χ4n) is 2.31. The van der Waals surface area contributed by atoms with Crippen LogP contribution in [0.3, 0.4) is 0 Å². The van der Waals surface area contributed by atoms with E-state index in [1.807, 2.05) is 11.4 Å². The Kier molecular flexibility index (Phi) is 6.35. The molecule has 2 aromatic rings. The highest BCUT2D eigenvalue weighted by molar-refractivity contribution is 7.16. The molecule has 0 atom stereocenters. The molecule has 5 nitrogen and oxygen atoms in total. The Labute approximate surface area is 130 Å². The number of hydrazine groups is 1. The Morgan fingerprint density at radius 2 is 1.90 bits per heavy atom. The molecule has 0 aromatic carbocycles. The largest absolute Gasteiger partial charge is 0.308 e. The van der Waals surface area contributed by atoms with Gasteiger partial charge in [0.05, 0.1) is 11.9 Å². The van der Waals surface area contributed by atoms with E-state index in [9.17, 15) is 0 Å². The van der Waals surface area contributed by atoms with Crippen LogP contribution in [-0.2, 0) is 6.54 Å². The summed E-state index contributed by atoms with van der Waals surface area (Å²) in [6.07, 6.45) is 4.85. The third-order valence-corrected chi connectivity index (χ3v) is 4.34. The van der Waals surface area contributed by atoms with Crippen LogP contribution < -0.4 is 11.3 Å². The second-order valence-corrected chi connectivity index (χ2v) is 6.15. The molecule has 0 spiro atoms. The lowest BCUT2D eigenvalue weighted by atomic mass is 10.2. The molecule has 2 heterocycles. The molecule has 0 bridgehead atoms. The summed E-state index contributed by atoms with van der Waals surface area (Å²) >= 11 is 1.63. The van der Waals surface area contributed by atoms with E-state index in [-0.39, 0.29) is 0 Å². The Hall–Kier alpha value is -1.24. The topological polar surface area (TPSA) is 67.1 Å². The fourth-order valence-corrected chi connectivity index (χ4v) is 3.10. The lowest BCUT2D eigenvalue weighted by Crippen LogP contribution is -2.27. The zero-order valence-electron chi connectivity index (χ0n) is 12.9. The molecular weight excluding hydrogens is 282 g/mol. The van der Waals surface area contributed by atoms with Crippen molar-refractivity contribution in [3.63, 3.8) is 0 Å². The monoisotopic (exact) mass is 307 g/mol. The Bertz CT molecular complexity index is 546. The Morgan fingerprint density at radius 3 is 2.52 bits per heavy atom. The lowest BCUT2D eigenvalue weighted by Gasteiger charge is -2.21. The van der Waals surface area contributed by atoms with E-state index in [1.54, 1.807) is 11.3 Å². The first-order chi connectivity index (χ1) is 10.3. The standard InChI is InChI=1S/C15H25N5S/c1-3-5-8-20(9-6-4-2)11-13-17-14(19-16)12-7-10-21-15(12)18-13/h7,10H,3-6,8-9,11,16H2,1-2H3,(H,17,18,19). The van der Waals surface area contributed by atoms with Gasteiger partial charge >= 0.3 is 0 Å². The van der Waals surface area contributed by atoms with Crippen LogP contribution in [0.15, 0.2) is 11.4 Å². The van der Waals surface area contributed by atoms with Gasteiger partial charge < -0.3 is 5.43 Å². The number of anilines is 1. The van der Waals surface area contributed by atoms with Crippen LogP contribution in [0, 0.1) is 0 Å². The molecule has 0 aliphatic carbocycles. The smallest absolute Gasteiger partial charge is 0.152 e. The van der Waals surface area contributed by atoms with Crippen LogP contribution in [-0.4, -0.2) is 28.0 Å². The van der Waals surface area contributed by atoms with Gasteiger partial charge in [-0.1, -0.05) is 26.7 Å². The summed E-state index contributed by atoms with van der Waals surface area (Å²) in [5.41, 5.74) is 2.69. The first-order valence-electron chi connectivity index (χ1n) is 7.71. The van der Waals surface area contributed by atoms with E-state index in [2.05, 4.69) is 34.1 Å². The summed E-state index contributed by atoms with van der Waals surface area (Å²) in [6, 6.07) is 2.00. The molecule has 0 saturated heterocycles. The molecule has 2 rings (SSSR count). The number of hydrogen-bond acceptors (Lipinski definition) is 6. The van der Waals surface area contributed by atoms with E-state index in [4.69, 9.17) is 5.84 Å². The molecule has 0 aliphatic heterocycles. The van der Waals surface area contributed by atoms with Crippen LogP contribution in [0.2, 0.25) is 0 Å². The third-order valence-electron chi connectivity index (χ3n) is 3.53. The van der Waals surface area contributed by atoms with Crippen LogP contribution >= 0.6 is 11.3 Å². The Morgan fingerprint density at radius 1 is 1.19 bits per heavy atom. The van der Waals surface area contributed by atoms with Crippen LogP contribution in [0.25, 0.3) is 10.2 Å². The summed E-state index contributed by atoms with van der Waals surface area (Å²) in [5, 5.41) is 3.02. The summed E-state index contributed by atoms with van der Waals surface area (Å²) in [6.45, 7) is 7.45. The molecule has 0 aliphatic rings. The number of unbranched alkanes of at least 4 members (excludes halogenated alkanes) is 2. The first-order valence-corrected chi connectivity index (χ1v) is 8.59. The minimum Gasteiger partial charge on any atom is -0.308 e. The maximum absolute atomic E-state index is 5.59. The number of nitrogens with zero attached hydrogens (tertiary/aromatic N) is 3. The quantitative estimate of drug-likeness (QED) is 0.549. The van der Waals surface area contributed by atoms with Gasteiger partial charge in [0.1, 0.15) is 10.7 Å². The van der Waals surface area contributed by atoms with E-state index in [0.29, 0.717) is 0 Å². The van der Waals surface area contributed by atoms with Gasteiger partial charge in [0.2, 0.25) is 0 Å². The highest BCUT2D eigenvalue weighted by Gasteiger charge is 2.11. The van der Waals surface area contributed by atoms with Crippen molar-refractivity contribution in [1.82, 2.24) is 14.9 Å². The van der Waals surface area contributed by atoms with Gasteiger partial charge in [0.15, 0.2) is 5.82 Å². The molecule has 6 heteroatoms. The van der Waals surface area contributed by atoms with E-state index >= 15 is 0 Å². The van der Waals surface area contributed by atoms with Gasteiger partial charge in [0, 0.05) is 0 Å². The minimum atomic E-state index is 0.724. The van der Waals surface area contributed by atoms with Gasteiger partial charge in [-0.15, -0.1) is 11.3 Å². The number of nitrogens with two attached hydrogens (primary N) is 1. The average molecular weight is 307 g/mol. The van der Waals surface area contributed by atoms with Crippen LogP contribution in [0.1, 0.15) is 45.4 Å². The summed E-state index contributed by atoms with van der Waals surface area (Å²) in [4.78, 5) is 12.7. The van der Waals surface area contributed by atoms with Gasteiger partial charge in [-0.25, -0.2) is 15.8 Å². The number of aromatic nitrogens is 2. The summed E-state index contributed by atoms with van der Waals surface area (Å²) in [7, 11) is 0. The zero-order valence-corrected chi connectivity index (χ0v) is 13.7. The predicted molar refractivity (Wildman–Crippen MR) is 90.3 cm³/mol. The molecule has 0 saturated carbocycles. The first kappa shape index (κ1) is 16.1. The predicted octanol–water partition coefficient (Wildman–Crippen LogP) is 3.38. The molecule has 0 radical (unpaired) electrons. The van der Waals surface area contributed by atoms with E-state index < -0.39 is 0 Å². The minimum absolute atomic E-state index is 0.724. The van der Waals surface area contributed by atoms with Gasteiger partial charge in [0.25, 0.3) is 0 Å². The van der Waals surface area contributed by atoms with Crippen LogP contribution in [0.5, 0.6) is 0 Å².